The van der Waals surface area contributed by atoms with Crippen molar-refractivity contribution in [1.29, 1.82) is 0 Å². The first kappa shape index (κ1) is 16.3. The summed E-state index contributed by atoms with van der Waals surface area (Å²) in [5.74, 6) is -0.990. The zero-order chi connectivity index (χ0) is 15.6. The Morgan fingerprint density at radius 3 is 2.60 bits per heavy atom. The third-order valence-corrected chi connectivity index (χ3v) is 2.59. The van der Waals surface area contributed by atoms with E-state index >= 15 is 0 Å². The lowest BCUT2D eigenvalue weighted by Gasteiger charge is -2.28. The molecule has 2 atom stereocenters. The molecule has 0 aliphatic rings. The minimum absolute atomic E-state index is 0.0606. The summed E-state index contributed by atoms with van der Waals surface area (Å²) in [6.07, 6.45) is -8.26. The largest absolute Gasteiger partial charge is 0.414 e. The number of hydrogen-bond donors (Lipinski definition) is 3. The van der Waals surface area contributed by atoms with Crippen molar-refractivity contribution in [3.05, 3.63) is 23.6 Å². The normalized spacial score (nSPS) is 16.4. The van der Waals surface area contributed by atoms with Crippen molar-refractivity contribution in [2.24, 2.45) is 5.73 Å². The second-order valence-corrected chi connectivity index (χ2v) is 4.47. The van der Waals surface area contributed by atoms with E-state index in [1.165, 1.54) is 0 Å². The number of carbonyl (C=O) groups excluding carboxylic acids is 1. The number of anilines is 1. The number of amides is 1. The molecule has 1 aromatic heterocycles. The van der Waals surface area contributed by atoms with Gasteiger partial charge in [-0.25, -0.2) is 9.37 Å². The van der Waals surface area contributed by atoms with E-state index in [1.54, 1.807) is 0 Å². The standard InChI is InChI=1S/C11H13F4N3O2/c1-10(16,4-7(20)11(13,14)15)9-6(12)2-3-8(18-9)17-5-19/h2-3,5,7,20H,4,16H2,1H3,(H,17,18,19). The van der Waals surface area contributed by atoms with Gasteiger partial charge in [-0.15, -0.1) is 0 Å². The predicted octanol–water partition coefficient (Wildman–Crippen LogP) is 1.28. The Labute approximate surface area is 111 Å². The number of rotatable bonds is 5. The molecule has 9 heteroatoms. The van der Waals surface area contributed by atoms with Crippen LogP contribution >= 0.6 is 0 Å². The van der Waals surface area contributed by atoms with Crippen LogP contribution in [0.5, 0.6) is 0 Å². The second-order valence-electron chi connectivity index (χ2n) is 4.47. The van der Waals surface area contributed by atoms with Crippen molar-refractivity contribution in [2.45, 2.75) is 31.2 Å². The fourth-order valence-electron chi connectivity index (χ4n) is 1.60. The summed E-state index contributed by atoms with van der Waals surface area (Å²) in [5, 5.41) is 11.2. The van der Waals surface area contributed by atoms with E-state index in [0.717, 1.165) is 19.1 Å². The number of pyridine rings is 1. The first-order valence-corrected chi connectivity index (χ1v) is 5.49. The van der Waals surface area contributed by atoms with Crippen LogP contribution in [0.15, 0.2) is 12.1 Å². The number of alkyl halides is 3. The third kappa shape index (κ3) is 3.87. The fraction of sp³-hybridized carbons (Fsp3) is 0.455. The minimum atomic E-state index is -4.87. The molecule has 1 aromatic rings. The summed E-state index contributed by atoms with van der Waals surface area (Å²) in [7, 11) is 0. The highest BCUT2D eigenvalue weighted by Gasteiger charge is 2.43. The first-order valence-electron chi connectivity index (χ1n) is 5.49. The second kappa shape index (κ2) is 5.71. The van der Waals surface area contributed by atoms with Crippen molar-refractivity contribution in [1.82, 2.24) is 4.98 Å². The van der Waals surface area contributed by atoms with Gasteiger partial charge in [-0.2, -0.15) is 13.2 Å². The molecule has 0 saturated carbocycles. The van der Waals surface area contributed by atoms with E-state index < -0.39 is 35.8 Å². The number of aliphatic hydroxyl groups excluding tert-OH is 1. The van der Waals surface area contributed by atoms with Crippen molar-refractivity contribution in [3.63, 3.8) is 0 Å². The molecular weight excluding hydrogens is 282 g/mol. The van der Waals surface area contributed by atoms with Crippen molar-refractivity contribution >= 4 is 12.2 Å². The maximum Gasteiger partial charge on any atom is 0.414 e. The van der Waals surface area contributed by atoms with Gasteiger partial charge in [0.25, 0.3) is 0 Å². The number of aliphatic hydroxyl groups is 1. The SMILES string of the molecule is CC(N)(CC(O)C(F)(F)F)c1nc(NC=O)ccc1F. The van der Waals surface area contributed by atoms with Gasteiger partial charge < -0.3 is 16.2 Å². The molecule has 112 valence electrons. The van der Waals surface area contributed by atoms with Crippen LogP contribution in [0.1, 0.15) is 19.0 Å². The lowest BCUT2D eigenvalue weighted by molar-refractivity contribution is -0.209. The monoisotopic (exact) mass is 295 g/mol. The number of nitrogens with one attached hydrogen (secondary N) is 1. The molecule has 0 aromatic carbocycles. The summed E-state index contributed by atoms with van der Waals surface area (Å²) in [4.78, 5) is 13.9. The predicted molar refractivity (Wildman–Crippen MR) is 62.1 cm³/mol. The van der Waals surface area contributed by atoms with E-state index in [2.05, 4.69) is 10.3 Å². The molecule has 1 rings (SSSR count). The Kier molecular flexibility index (Phi) is 4.66. The quantitative estimate of drug-likeness (QED) is 0.564. The van der Waals surface area contributed by atoms with Gasteiger partial charge in [-0.3, -0.25) is 4.79 Å². The van der Waals surface area contributed by atoms with Gasteiger partial charge >= 0.3 is 6.18 Å². The molecule has 0 fully saturated rings. The van der Waals surface area contributed by atoms with Gasteiger partial charge in [0.15, 0.2) is 6.10 Å². The molecule has 0 aliphatic heterocycles. The van der Waals surface area contributed by atoms with E-state index in [1.807, 2.05) is 0 Å². The van der Waals surface area contributed by atoms with Gasteiger partial charge in [0, 0.05) is 6.42 Å². The fourth-order valence-corrected chi connectivity index (χ4v) is 1.60. The van der Waals surface area contributed by atoms with Gasteiger partial charge in [-0.05, 0) is 19.1 Å². The molecule has 5 nitrogen and oxygen atoms in total. The average Bonchev–Trinajstić information content (AvgIpc) is 2.30. The molecular formula is C11H13F4N3O2. The lowest BCUT2D eigenvalue weighted by Crippen LogP contribution is -2.43. The summed E-state index contributed by atoms with van der Waals surface area (Å²) < 4.78 is 50.6. The van der Waals surface area contributed by atoms with E-state index in [0.29, 0.717) is 0 Å². The summed E-state index contributed by atoms with van der Waals surface area (Å²) in [6, 6.07) is 2.04. The number of nitrogens with zero attached hydrogens (tertiary/aromatic N) is 1. The molecule has 1 heterocycles. The number of nitrogens with two attached hydrogens (primary N) is 1. The molecule has 0 radical (unpaired) electrons. The highest BCUT2D eigenvalue weighted by Crippen LogP contribution is 2.31. The van der Waals surface area contributed by atoms with Gasteiger partial charge in [0.1, 0.15) is 11.6 Å². The van der Waals surface area contributed by atoms with Crippen LogP contribution in [0.2, 0.25) is 0 Å². The molecule has 1 amide bonds. The molecule has 0 saturated heterocycles. The van der Waals surface area contributed by atoms with Crippen molar-refractivity contribution in [2.75, 3.05) is 5.32 Å². The van der Waals surface area contributed by atoms with Crippen LogP contribution in [0.4, 0.5) is 23.4 Å². The number of halogens is 4. The molecule has 2 unspecified atom stereocenters. The Morgan fingerprint density at radius 1 is 1.50 bits per heavy atom. The van der Waals surface area contributed by atoms with Gasteiger partial charge in [-0.1, -0.05) is 0 Å². The molecule has 4 N–H and O–H groups in total. The average molecular weight is 295 g/mol. The summed E-state index contributed by atoms with van der Waals surface area (Å²) >= 11 is 0. The molecule has 0 aliphatic carbocycles. The van der Waals surface area contributed by atoms with Gasteiger partial charge in [0.05, 0.1) is 11.2 Å². The lowest BCUT2D eigenvalue weighted by atomic mass is 9.90. The van der Waals surface area contributed by atoms with Gasteiger partial charge in [0.2, 0.25) is 6.41 Å². The number of aromatic nitrogens is 1. The summed E-state index contributed by atoms with van der Waals surface area (Å²) in [5.41, 5.74) is 3.28. The summed E-state index contributed by atoms with van der Waals surface area (Å²) in [6.45, 7) is 1.11. The highest BCUT2D eigenvalue weighted by molar-refractivity contribution is 5.68. The zero-order valence-electron chi connectivity index (χ0n) is 10.4. The van der Waals surface area contributed by atoms with Crippen LogP contribution in [0, 0.1) is 5.82 Å². The van der Waals surface area contributed by atoms with Crippen LogP contribution in [0.25, 0.3) is 0 Å². The molecule has 20 heavy (non-hydrogen) atoms. The topological polar surface area (TPSA) is 88.2 Å². The smallest absolute Gasteiger partial charge is 0.384 e. The first-order chi connectivity index (χ1) is 9.08. The Morgan fingerprint density at radius 2 is 2.10 bits per heavy atom. The van der Waals surface area contributed by atoms with E-state index in [4.69, 9.17) is 10.8 Å². The van der Waals surface area contributed by atoms with Crippen LogP contribution < -0.4 is 11.1 Å². The molecule has 0 spiro atoms. The van der Waals surface area contributed by atoms with E-state index in [-0.39, 0.29) is 12.2 Å². The minimum Gasteiger partial charge on any atom is -0.384 e. The maximum absolute atomic E-state index is 13.6. The van der Waals surface area contributed by atoms with Crippen LogP contribution in [0.3, 0.4) is 0 Å². The third-order valence-electron chi connectivity index (χ3n) is 2.59. The number of carbonyl (C=O) groups is 1. The number of hydrogen-bond acceptors (Lipinski definition) is 4. The Bertz CT molecular complexity index is 491. The Balaban J connectivity index is 3.07. The van der Waals surface area contributed by atoms with Crippen molar-refractivity contribution < 1.29 is 27.5 Å². The van der Waals surface area contributed by atoms with Crippen molar-refractivity contribution in [3.8, 4) is 0 Å². The molecule has 0 bridgehead atoms. The highest BCUT2D eigenvalue weighted by atomic mass is 19.4. The van der Waals surface area contributed by atoms with E-state index in [9.17, 15) is 22.4 Å². The Hall–Kier alpha value is -1.74. The zero-order valence-corrected chi connectivity index (χ0v) is 10.4. The van der Waals surface area contributed by atoms with Crippen LogP contribution in [-0.2, 0) is 10.3 Å². The van der Waals surface area contributed by atoms with Crippen LogP contribution in [-0.4, -0.2) is 28.8 Å². The maximum atomic E-state index is 13.6.